The van der Waals surface area contributed by atoms with Crippen molar-refractivity contribution < 1.29 is 0 Å². The first-order chi connectivity index (χ1) is 9.77. The molecule has 4 N–H and O–H groups in total. The second-order valence-electron chi connectivity index (χ2n) is 4.28. The van der Waals surface area contributed by atoms with E-state index < -0.39 is 0 Å². The molecule has 0 aliphatic heterocycles. The molecule has 0 unspecified atom stereocenters. The van der Waals surface area contributed by atoms with Gasteiger partial charge in [0, 0.05) is 29.8 Å². The van der Waals surface area contributed by atoms with Gasteiger partial charge in [-0.25, -0.2) is 9.97 Å². The summed E-state index contributed by atoms with van der Waals surface area (Å²) >= 11 is 0. The molecule has 0 saturated heterocycles. The highest BCUT2D eigenvalue weighted by Gasteiger charge is 2.14. The van der Waals surface area contributed by atoms with E-state index in [1.807, 2.05) is 24.3 Å². The Balaban J connectivity index is 2.22. The highest BCUT2D eigenvalue weighted by molar-refractivity contribution is 5.92. The van der Waals surface area contributed by atoms with Crippen LogP contribution >= 0.6 is 0 Å². The highest BCUT2D eigenvalue weighted by Crippen LogP contribution is 2.36. The minimum Gasteiger partial charge on any atom is -0.398 e. The summed E-state index contributed by atoms with van der Waals surface area (Å²) in [5, 5.41) is 0. The van der Waals surface area contributed by atoms with E-state index in [4.69, 9.17) is 11.5 Å². The molecule has 5 nitrogen and oxygen atoms in total. The predicted octanol–water partition coefficient (Wildman–Crippen LogP) is 2.37. The zero-order chi connectivity index (χ0) is 13.9. The molecule has 0 atom stereocenters. The number of aromatic nitrogens is 3. The lowest BCUT2D eigenvalue weighted by molar-refractivity contribution is 1.18. The second kappa shape index (κ2) is 4.97. The fourth-order valence-corrected chi connectivity index (χ4v) is 2.06. The lowest BCUT2D eigenvalue weighted by atomic mass is 10.0. The molecular formula is C15H13N5. The van der Waals surface area contributed by atoms with Crippen molar-refractivity contribution in [3.8, 4) is 22.6 Å². The summed E-state index contributed by atoms with van der Waals surface area (Å²) in [5.41, 5.74) is 15.6. The van der Waals surface area contributed by atoms with E-state index in [1.165, 1.54) is 0 Å². The molecule has 1 aromatic carbocycles. The maximum atomic E-state index is 6.25. The number of nitrogen functional groups attached to an aromatic ring is 2. The number of pyridine rings is 1. The maximum absolute atomic E-state index is 6.25. The molecule has 5 heteroatoms. The number of anilines is 2. The molecule has 2 aromatic heterocycles. The molecule has 0 fully saturated rings. The van der Waals surface area contributed by atoms with Gasteiger partial charge >= 0.3 is 0 Å². The molecule has 98 valence electrons. The molecular weight excluding hydrogens is 250 g/mol. The number of rotatable bonds is 2. The van der Waals surface area contributed by atoms with Crippen molar-refractivity contribution in [3.05, 3.63) is 55.0 Å². The van der Waals surface area contributed by atoms with Gasteiger partial charge in [0.15, 0.2) is 5.82 Å². The lowest BCUT2D eigenvalue weighted by Crippen LogP contribution is -2.01. The normalized spacial score (nSPS) is 10.4. The highest BCUT2D eigenvalue weighted by atomic mass is 14.9. The van der Waals surface area contributed by atoms with Gasteiger partial charge in [0.2, 0.25) is 0 Å². The van der Waals surface area contributed by atoms with Crippen molar-refractivity contribution in [2.75, 3.05) is 11.5 Å². The number of nitrogens with zero attached hydrogens (tertiary/aromatic N) is 3. The van der Waals surface area contributed by atoms with Gasteiger partial charge in [0.05, 0.1) is 16.9 Å². The van der Waals surface area contributed by atoms with E-state index in [-0.39, 0.29) is 0 Å². The van der Waals surface area contributed by atoms with Crippen LogP contribution in [0.5, 0.6) is 0 Å². The Bertz CT molecular complexity index is 726. The first-order valence-corrected chi connectivity index (χ1v) is 6.14. The van der Waals surface area contributed by atoms with Crippen LogP contribution in [0.2, 0.25) is 0 Å². The fourth-order valence-electron chi connectivity index (χ4n) is 2.06. The predicted molar refractivity (Wildman–Crippen MR) is 79.5 cm³/mol. The Morgan fingerprint density at radius 1 is 0.750 bits per heavy atom. The van der Waals surface area contributed by atoms with Crippen molar-refractivity contribution in [1.29, 1.82) is 0 Å². The topological polar surface area (TPSA) is 90.7 Å². The molecule has 3 aromatic rings. The monoisotopic (exact) mass is 263 g/mol. The van der Waals surface area contributed by atoms with Crippen molar-refractivity contribution in [3.63, 3.8) is 0 Å². The van der Waals surface area contributed by atoms with Crippen LogP contribution in [-0.4, -0.2) is 15.0 Å². The summed E-state index contributed by atoms with van der Waals surface area (Å²) in [6.45, 7) is 0. The van der Waals surface area contributed by atoms with Gasteiger partial charge in [0.25, 0.3) is 0 Å². The summed E-state index contributed by atoms with van der Waals surface area (Å²) in [7, 11) is 0. The van der Waals surface area contributed by atoms with Crippen LogP contribution in [0.3, 0.4) is 0 Å². The van der Waals surface area contributed by atoms with Gasteiger partial charge in [0.1, 0.15) is 0 Å². The van der Waals surface area contributed by atoms with E-state index >= 15 is 0 Å². The molecule has 2 heterocycles. The Labute approximate surface area is 116 Å². The molecule has 0 radical (unpaired) electrons. The SMILES string of the molecule is Nc1ccc(-c2ccccn2)c(N)c1-c1ncccn1. The first kappa shape index (κ1) is 12.1. The average Bonchev–Trinajstić information content (AvgIpc) is 2.49. The third-order valence-corrected chi connectivity index (χ3v) is 3.01. The lowest BCUT2D eigenvalue weighted by Gasteiger charge is -2.12. The van der Waals surface area contributed by atoms with Gasteiger partial charge in [-0.2, -0.15) is 0 Å². The molecule has 0 aliphatic carbocycles. The van der Waals surface area contributed by atoms with E-state index in [0.29, 0.717) is 22.8 Å². The van der Waals surface area contributed by atoms with E-state index in [0.717, 1.165) is 11.3 Å². The molecule has 3 rings (SSSR count). The van der Waals surface area contributed by atoms with Crippen LogP contribution in [0, 0.1) is 0 Å². The van der Waals surface area contributed by atoms with Crippen molar-refractivity contribution >= 4 is 11.4 Å². The summed E-state index contributed by atoms with van der Waals surface area (Å²) in [4.78, 5) is 12.7. The minimum atomic E-state index is 0.514. The zero-order valence-corrected chi connectivity index (χ0v) is 10.7. The molecule has 0 aliphatic rings. The molecule has 0 amide bonds. The van der Waals surface area contributed by atoms with Crippen molar-refractivity contribution in [1.82, 2.24) is 15.0 Å². The minimum absolute atomic E-state index is 0.514. The zero-order valence-electron chi connectivity index (χ0n) is 10.7. The largest absolute Gasteiger partial charge is 0.398 e. The van der Waals surface area contributed by atoms with Gasteiger partial charge in [-0.05, 0) is 30.3 Å². The smallest absolute Gasteiger partial charge is 0.163 e. The number of hydrogen-bond donors (Lipinski definition) is 2. The Morgan fingerprint density at radius 2 is 1.50 bits per heavy atom. The molecule has 0 saturated carbocycles. The quantitative estimate of drug-likeness (QED) is 0.693. The third-order valence-electron chi connectivity index (χ3n) is 3.01. The van der Waals surface area contributed by atoms with Crippen LogP contribution in [0.1, 0.15) is 0 Å². The average molecular weight is 263 g/mol. The number of nitrogens with two attached hydrogens (primary N) is 2. The Hall–Kier alpha value is -2.95. The van der Waals surface area contributed by atoms with Crippen LogP contribution in [0.4, 0.5) is 11.4 Å². The number of benzene rings is 1. The Kier molecular flexibility index (Phi) is 3.01. The van der Waals surface area contributed by atoms with Crippen molar-refractivity contribution in [2.45, 2.75) is 0 Å². The van der Waals surface area contributed by atoms with Crippen LogP contribution < -0.4 is 11.5 Å². The second-order valence-corrected chi connectivity index (χ2v) is 4.28. The van der Waals surface area contributed by atoms with E-state index in [9.17, 15) is 0 Å². The van der Waals surface area contributed by atoms with E-state index in [1.54, 1.807) is 30.7 Å². The van der Waals surface area contributed by atoms with Crippen LogP contribution in [0.15, 0.2) is 55.0 Å². The Morgan fingerprint density at radius 3 is 2.20 bits per heavy atom. The third kappa shape index (κ3) is 2.05. The van der Waals surface area contributed by atoms with Gasteiger partial charge in [-0.15, -0.1) is 0 Å². The summed E-state index contributed by atoms with van der Waals surface area (Å²) in [6, 6.07) is 11.1. The van der Waals surface area contributed by atoms with Gasteiger partial charge < -0.3 is 11.5 Å². The molecule has 0 bridgehead atoms. The summed E-state index contributed by atoms with van der Waals surface area (Å²) < 4.78 is 0. The van der Waals surface area contributed by atoms with Gasteiger partial charge in [-0.3, -0.25) is 4.98 Å². The first-order valence-electron chi connectivity index (χ1n) is 6.14. The fraction of sp³-hybridized carbons (Fsp3) is 0. The van der Waals surface area contributed by atoms with Crippen molar-refractivity contribution in [2.24, 2.45) is 0 Å². The molecule has 0 spiro atoms. The summed E-state index contributed by atoms with van der Waals surface area (Å²) in [5.74, 6) is 0.514. The summed E-state index contributed by atoms with van der Waals surface area (Å²) in [6.07, 6.45) is 5.05. The maximum Gasteiger partial charge on any atom is 0.163 e. The molecule has 20 heavy (non-hydrogen) atoms. The van der Waals surface area contributed by atoms with Crippen LogP contribution in [-0.2, 0) is 0 Å². The standard InChI is InChI=1S/C15H13N5/c16-11-6-5-10(12-4-1-2-7-18-12)14(17)13(11)15-19-8-3-9-20-15/h1-9H,16-17H2. The van der Waals surface area contributed by atoms with Crippen LogP contribution in [0.25, 0.3) is 22.6 Å². The van der Waals surface area contributed by atoms with E-state index in [2.05, 4.69) is 15.0 Å². The van der Waals surface area contributed by atoms with Gasteiger partial charge in [-0.1, -0.05) is 6.07 Å². The number of hydrogen-bond acceptors (Lipinski definition) is 5.